The van der Waals surface area contributed by atoms with Crippen LogP contribution in [0.25, 0.3) is 0 Å². The number of hydrogen-bond donors (Lipinski definition) is 0. The van der Waals surface area contributed by atoms with Gasteiger partial charge in [-0.15, -0.1) is 0 Å². The zero-order chi connectivity index (χ0) is 9.02. The van der Waals surface area contributed by atoms with Crippen LogP contribution in [0.3, 0.4) is 0 Å². The molecule has 0 rings (SSSR count). The average Bonchev–Trinajstić information content (AvgIpc) is 1.88. The van der Waals surface area contributed by atoms with Crippen LogP contribution in [-0.4, -0.2) is 0 Å². The standard InChI is InChI=1S/C11H23/c1-7-11(9(4)5)10(6)8(2)3/h8-9,11H,7H2,1-6H3/q-1. The van der Waals surface area contributed by atoms with Crippen LogP contribution in [-0.2, 0) is 0 Å². The Morgan fingerprint density at radius 1 is 1.09 bits per heavy atom. The van der Waals surface area contributed by atoms with E-state index in [4.69, 9.17) is 0 Å². The summed E-state index contributed by atoms with van der Waals surface area (Å²) in [6.45, 7) is 13.8. The molecule has 0 radical (unpaired) electrons. The third-order valence-corrected chi connectivity index (χ3v) is 2.74. The van der Waals surface area contributed by atoms with E-state index >= 15 is 0 Å². The molecule has 0 bridgehead atoms. The van der Waals surface area contributed by atoms with Crippen molar-refractivity contribution in [3.63, 3.8) is 0 Å². The summed E-state index contributed by atoms with van der Waals surface area (Å²) in [7, 11) is 0. The Balaban J connectivity index is 4.02. The second kappa shape index (κ2) is 4.79. The maximum atomic E-state index is 2.32. The minimum atomic E-state index is 0.752. The SMILES string of the molecule is CCC([C-](C)C(C)C)C(C)C. The number of rotatable bonds is 4. The van der Waals surface area contributed by atoms with Crippen LogP contribution in [0.15, 0.2) is 0 Å². The summed E-state index contributed by atoms with van der Waals surface area (Å²) in [5.74, 6) is 4.06. The van der Waals surface area contributed by atoms with E-state index in [2.05, 4.69) is 41.5 Å². The number of hydrogen-bond acceptors (Lipinski definition) is 0. The van der Waals surface area contributed by atoms with Crippen molar-refractivity contribution < 1.29 is 0 Å². The van der Waals surface area contributed by atoms with Crippen molar-refractivity contribution in [2.75, 3.05) is 0 Å². The van der Waals surface area contributed by atoms with Gasteiger partial charge in [-0.1, -0.05) is 47.0 Å². The lowest BCUT2D eigenvalue weighted by Gasteiger charge is -2.42. The third-order valence-electron chi connectivity index (χ3n) is 2.74. The van der Waals surface area contributed by atoms with Crippen molar-refractivity contribution in [1.82, 2.24) is 0 Å². The van der Waals surface area contributed by atoms with Crippen molar-refractivity contribution in [2.24, 2.45) is 17.8 Å². The van der Waals surface area contributed by atoms with E-state index in [0.29, 0.717) is 0 Å². The molecule has 1 atom stereocenters. The third kappa shape index (κ3) is 3.27. The lowest BCUT2D eigenvalue weighted by atomic mass is 9.77. The van der Waals surface area contributed by atoms with E-state index in [-0.39, 0.29) is 0 Å². The zero-order valence-electron chi connectivity index (χ0n) is 8.94. The molecule has 0 N–H and O–H groups in total. The van der Waals surface area contributed by atoms with E-state index in [1.54, 1.807) is 5.92 Å². The molecule has 0 amide bonds. The predicted octanol–water partition coefficient (Wildman–Crippen LogP) is 3.92. The Bertz CT molecular complexity index is 92.2. The van der Waals surface area contributed by atoms with Crippen LogP contribution >= 0.6 is 0 Å². The van der Waals surface area contributed by atoms with Gasteiger partial charge in [-0.05, 0) is 0 Å². The van der Waals surface area contributed by atoms with E-state index in [1.807, 2.05) is 0 Å². The first-order valence-electron chi connectivity index (χ1n) is 4.84. The highest BCUT2D eigenvalue weighted by Gasteiger charge is 2.09. The molecule has 1 unspecified atom stereocenters. The van der Waals surface area contributed by atoms with Gasteiger partial charge in [0.1, 0.15) is 0 Å². The van der Waals surface area contributed by atoms with Gasteiger partial charge in [0.25, 0.3) is 0 Å². The highest BCUT2D eigenvalue weighted by Crippen LogP contribution is 2.30. The van der Waals surface area contributed by atoms with Gasteiger partial charge in [-0.3, -0.25) is 0 Å². The summed E-state index contributed by atoms with van der Waals surface area (Å²) >= 11 is 0. The fourth-order valence-corrected chi connectivity index (χ4v) is 1.75. The lowest BCUT2D eigenvalue weighted by Crippen LogP contribution is -2.19. The van der Waals surface area contributed by atoms with E-state index in [9.17, 15) is 0 Å². The van der Waals surface area contributed by atoms with E-state index in [0.717, 1.165) is 17.8 Å². The average molecular weight is 155 g/mol. The second-order valence-corrected chi connectivity index (χ2v) is 4.16. The summed E-state index contributed by atoms with van der Waals surface area (Å²) in [4.78, 5) is 0. The molecule has 0 aromatic heterocycles. The molecular formula is C11H23-. The Morgan fingerprint density at radius 3 is 1.64 bits per heavy atom. The zero-order valence-corrected chi connectivity index (χ0v) is 8.94. The largest absolute Gasteiger partial charge is 0.311 e. The van der Waals surface area contributed by atoms with Gasteiger partial charge in [0.2, 0.25) is 0 Å². The molecule has 0 heterocycles. The molecule has 0 nitrogen and oxygen atoms in total. The van der Waals surface area contributed by atoms with Gasteiger partial charge < -0.3 is 5.92 Å². The molecule has 11 heavy (non-hydrogen) atoms. The molecule has 0 aliphatic carbocycles. The van der Waals surface area contributed by atoms with Crippen molar-refractivity contribution in [2.45, 2.75) is 48.0 Å². The minimum absolute atomic E-state index is 0.752. The van der Waals surface area contributed by atoms with Crippen LogP contribution in [0.5, 0.6) is 0 Å². The molecule has 0 heteroatoms. The van der Waals surface area contributed by atoms with Crippen molar-refractivity contribution in [3.8, 4) is 0 Å². The molecule has 0 aromatic carbocycles. The molecule has 0 aliphatic rings. The quantitative estimate of drug-likeness (QED) is 0.540. The molecule has 68 valence electrons. The highest BCUT2D eigenvalue weighted by atomic mass is 14.3. The van der Waals surface area contributed by atoms with Crippen LogP contribution in [0, 0.1) is 23.7 Å². The first-order valence-corrected chi connectivity index (χ1v) is 4.84. The smallest absolute Gasteiger partial charge is 0.0650 e. The maximum Gasteiger partial charge on any atom is -0.0650 e. The van der Waals surface area contributed by atoms with Crippen LogP contribution in [0.2, 0.25) is 0 Å². The van der Waals surface area contributed by atoms with Gasteiger partial charge in [0.15, 0.2) is 0 Å². The summed E-state index contributed by atoms with van der Waals surface area (Å²) in [6, 6.07) is 0. The summed E-state index contributed by atoms with van der Waals surface area (Å²) in [5.41, 5.74) is 0. The fourth-order valence-electron chi connectivity index (χ4n) is 1.75. The van der Waals surface area contributed by atoms with Gasteiger partial charge in [0, 0.05) is 0 Å². The van der Waals surface area contributed by atoms with E-state index in [1.165, 1.54) is 6.42 Å². The Morgan fingerprint density at radius 2 is 1.55 bits per heavy atom. The highest BCUT2D eigenvalue weighted by molar-refractivity contribution is 4.95. The van der Waals surface area contributed by atoms with Crippen LogP contribution in [0.4, 0.5) is 0 Å². The van der Waals surface area contributed by atoms with Gasteiger partial charge in [-0.25, -0.2) is 0 Å². The molecule has 0 spiro atoms. The summed E-state index contributed by atoms with van der Waals surface area (Å²) < 4.78 is 0. The Hall–Kier alpha value is 0. The normalized spacial score (nSPS) is 15.0. The lowest BCUT2D eigenvalue weighted by molar-refractivity contribution is 0.347. The molecule has 0 fully saturated rings. The molecule has 0 saturated heterocycles. The van der Waals surface area contributed by atoms with Crippen LogP contribution < -0.4 is 0 Å². The molecule has 0 saturated carbocycles. The minimum Gasteiger partial charge on any atom is -0.311 e. The van der Waals surface area contributed by atoms with Gasteiger partial charge >= 0.3 is 0 Å². The Kier molecular flexibility index (Phi) is 4.79. The monoisotopic (exact) mass is 155 g/mol. The van der Waals surface area contributed by atoms with E-state index < -0.39 is 0 Å². The topological polar surface area (TPSA) is 0 Å². The van der Waals surface area contributed by atoms with Crippen molar-refractivity contribution >= 4 is 0 Å². The van der Waals surface area contributed by atoms with Crippen molar-refractivity contribution in [1.29, 1.82) is 0 Å². The first kappa shape index (κ1) is 11.0. The van der Waals surface area contributed by atoms with Gasteiger partial charge in [0.05, 0.1) is 0 Å². The summed E-state index contributed by atoms with van der Waals surface area (Å²) in [6.07, 6.45) is 1.29. The molecule has 0 aliphatic heterocycles. The van der Waals surface area contributed by atoms with Crippen LogP contribution in [0.1, 0.15) is 48.0 Å². The first-order chi connectivity index (χ1) is 5.00. The second-order valence-electron chi connectivity index (χ2n) is 4.16. The molecular weight excluding hydrogens is 132 g/mol. The maximum absolute atomic E-state index is 2.32. The van der Waals surface area contributed by atoms with Crippen molar-refractivity contribution in [3.05, 3.63) is 5.92 Å². The fraction of sp³-hybridized carbons (Fsp3) is 0.909. The van der Waals surface area contributed by atoms with Gasteiger partial charge in [-0.2, -0.15) is 18.8 Å². The predicted molar refractivity (Wildman–Crippen MR) is 52.4 cm³/mol. The summed E-state index contributed by atoms with van der Waals surface area (Å²) in [5, 5.41) is 0. The molecule has 0 aromatic rings. The Labute approximate surface area is 72.4 Å².